The van der Waals surface area contributed by atoms with Gasteiger partial charge in [0.2, 0.25) is 0 Å². The molecule has 7 nitrogen and oxygen atoms in total. The number of hydrogen-bond acceptors (Lipinski definition) is 6. The van der Waals surface area contributed by atoms with Crippen LogP contribution < -0.4 is 16.8 Å². The zero-order valence-electron chi connectivity index (χ0n) is 17.9. The molecule has 31 heavy (non-hydrogen) atoms. The van der Waals surface area contributed by atoms with Crippen LogP contribution in [0.4, 0.5) is 0 Å². The van der Waals surface area contributed by atoms with Gasteiger partial charge >= 0.3 is 5.69 Å². The summed E-state index contributed by atoms with van der Waals surface area (Å²) < 4.78 is 4.03. The van der Waals surface area contributed by atoms with Gasteiger partial charge in [-0.2, -0.15) is 0 Å². The molecule has 1 aromatic carbocycles. The van der Waals surface area contributed by atoms with Crippen molar-refractivity contribution in [3.8, 4) is 11.1 Å². The molecule has 0 amide bonds. The molecule has 0 aliphatic carbocycles. The molecule has 0 bridgehead atoms. The quantitative estimate of drug-likeness (QED) is 0.350. The van der Waals surface area contributed by atoms with E-state index in [-0.39, 0.29) is 16.8 Å². The van der Waals surface area contributed by atoms with Crippen LogP contribution in [0.2, 0.25) is 0 Å². The highest BCUT2D eigenvalue weighted by atomic mass is 32.2. The first kappa shape index (κ1) is 21.3. The van der Waals surface area contributed by atoms with E-state index in [0.29, 0.717) is 26.8 Å². The summed E-state index contributed by atoms with van der Waals surface area (Å²) in [5.74, 6) is 0.350. The number of benzene rings is 1. The maximum Gasteiger partial charge on any atom is 0.330 e. The summed E-state index contributed by atoms with van der Waals surface area (Å²) in [5, 5.41) is 3.13. The molecule has 0 atom stereocenters. The van der Waals surface area contributed by atoms with Crippen molar-refractivity contribution in [1.29, 1.82) is 0 Å². The molecule has 0 unspecified atom stereocenters. The second-order valence-electron chi connectivity index (χ2n) is 7.55. The average Bonchev–Trinajstić information content (AvgIpc) is 3.17. The maximum absolute atomic E-state index is 13.2. The van der Waals surface area contributed by atoms with Crippen molar-refractivity contribution in [3.63, 3.8) is 0 Å². The van der Waals surface area contributed by atoms with Gasteiger partial charge < -0.3 is 0 Å². The van der Waals surface area contributed by atoms with Crippen LogP contribution in [0.3, 0.4) is 0 Å². The van der Waals surface area contributed by atoms with Crippen molar-refractivity contribution in [3.05, 3.63) is 77.7 Å². The first-order chi connectivity index (χ1) is 14.7. The number of fused-ring (bicyclic) bond motifs is 1. The minimum absolute atomic E-state index is 0.111. The van der Waals surface area contributed by atoms with Crippen LogP contribution in [0, 0.1) is 13.8 Å². The average molecular weight is 455 g/mol. The SMILES string of the molecule is Cc1ccc(-c2csc3nc(SCc4cc(=O)n(C)c(=O)n4C)n(C)c(=O)c23)cc1C. The fraction of sp³-hybridized carbons (Fsp3) is 0.273. The van der Waals surface area contributed by atoms with E-state index in [9.17, 15) is 14.4 Å². The second kappa shape index (κ2) is 7.97. The van der Waals surface area contributed by atoms with Gasteiger partial charge in [0.15, 0.2) is 5.16 Å². The molecule has 160 valence electrons. The molecule has 3 aromatic heterocycles. The Kier molecular flexibility index (Phi) is 5.49. The smallest absolute Gasteiger partial charge is 0.300 e. The standard InChI is InChI=1S/C22H22N4O3S2/c1-12-6-7-14(8-13(12)2)16-11-30-19-18(16)20(28)26(5)21(23-19)31-10-15-9-17(27)25(4)22(29)24(15)3/h6-9,11H,10H2,1-5H3. The number of aromatic nitrogens is 4. The molecular weight excluding hydrogens is 432 g/mol. The molecule has 9 heteroatoms. The van der Waals surface area contributed by atoms with E-state index in [4.69, 9.17) is 4.98 Å². The van der Waals surface area contributed by atoms with Crippen LogP contribution in [0.5, 0.6) is 0 Å². The Morgan fingerprint density at radius 1 is 0.968 bits per heavy atom. The molecule has 0 saturated carbocycles. The summed E-state index contributed by atoms with van der Waals surface area (Å²) in [6.45, 7) is 4.12. The van der Waals surface area contributed by atoms with Gasteiger partial charge in [-0.1, -0.05) is 30.0 Å². The molecule has 0 aliphatic heterocycles. The van der Waals surface area contributed by atoms with E-state index in [1.807, 2.05) is 11.4 Å². The summed E-state index contributed by atoms with van der Waals surface area (Å²) in [4.78, 5) is 42.7. The number of rotatable bonds is 4. The highest BCUT2D eigenvalue weighted by Gasteiger charge is 2.17. The topological polar surface area (TPSA) is 78.9 Å². The third kappa shape index (κ3) is 3.68. The van der Waals surface area contributed by atoms with Crippen LogP contribution >= 0.6 is 23.1 Å². The van der Waals surface area contributed by atoms with Gasteiger partial charge in [0.05, 0.1) is 5.39 Å². The number of nitrogens with zero attached hydrogens (tertiary/aromatic N) is 4. The molecular formula is C22H22N4O3S2. The van der Waals surface area contributed by atoms with E-state index >= 15 is 0 Å². The lowest BCUT2D eigenvalue weighted by Crippen LogP contribution is -2.37. The Hall–Kier alpha value is -2.91. The molecule has 0 saturated heterocycles. The van der Waals surface area contributed by atoms with E-state index in [1.165, 1.54) is 56.5 Å². The van der Waals surface area contributed by atoms with Gasteiger partial charge in [-0.25, -0.2) is 9.78 Å². The first-order valence-electron chi connectivity index (χ1n) is 9.63. The van der Waals surface area contributed by atoms with Gasteiger partial charge in [0, 0.05) is 49.6 Å². The van der Waals surface area contributed by atoms with Gasteiger partial charge in [0.1, 0.15) is 4.83 Å². The predicted octanol–water partition coefficient (Wildman–Crippen LogP) is 2.97. The number of hydrogen-bond donors (Lipinski definition) is 0. The van der Waals surface area contributed by atoms with E-state index < -0.39 is 0 Å². The molecule has 4 aromatic rings. The van der Waals surface area contributed by atoms with Crippen molar-refractivity contribution in [2.75, 3.05) is 0 Å². The number of thiophene rings is 1. The fourth-order valence-electron chi connectivity index (χ4n) is 3.36. The molecule has 0 fully saturated rings. The van der Waals surface area contributed by atoms with Crippen LogP contribution in [-0.2, 0) is 26.9 Å². The lowest BCUT2D eigenvalue weighted by atomic mass is 10.0. The van der Waals surface area contributed by atoms with Gasteiger partial charge in [-0.05, 0) is 30.5 Å². The zero-order chi connectivity index (χ0) is 22.4. The van der Waals surface area contributed by atoms with Gasteiger partial charge in [-0.3, -0.25) is 23.3 Å². The van der Waals surface area contributed by atoms with Crippen LogP contribution in [-0.4, -0.2) is 18.7 Å². The van der Waals surface area contributed by atoms with E-state index in [2.05, 4.69) is 26.0 Å². The van der Waals surface area contributed by atoms with Gasteiger partial charge in [0.25, 0.3) is 11.1 Å². The second-order valence-corrected chi connectivity index (χ2v) is 9.35. The minimum atomic E-state index is -0.378. The highest BCUT2D eigenvalue weighted by Crippen LogP contribution is 2.33. The Morgan fingerprint density at radius 2 is 1.71 bits per heavy atom. The van der Waals surface area contributed by atoms with Crippen LogP contribution in [0.15, 0.2) is 49.2 Å². The Bertz CT molecular complexity index is 1510. The summed E-state index contributed by atoms with van der Waals surface area (Å²) in [5.41, 5.74) is 4.01. The normalized spacial score (nSPS) is 11.4. The predicted molar refractivity (Wildman–Crippen MR) is 126 cm³/mol. The number of aryl methyl sites for hydroxylation is 2. The molecule has 0 N–H and O–H groups in total. The molecule has 4 rings (SSSR count). The van der Waals surface area contributed by atoms with Crippen molar-refractivity contribution in [2.24, 2.45) is 21.1 Å². The molecule has 3 heterocycles. The number of thioether (sulfide) groups is 1. The summed E-state index contributed by atoms with van der Waals surface area (Å²) in [6, 6.07) is 7.62. The zero-order valence-corrected chi connectivity index (χ0v) is 19.6. The third-order valence-corrected chi connectivity index (χ3v) is 7.50. The molecule has 0 radical (unpaired) electrons. The molecule has 0 aliphatic rings. The monoisotopic (exact) mass is 454 g/mol. The lowest BCUT2D eigenvalue weighted by molar-refractivity contribution is 0.664. The summed E-state index contributed by atoms with van der Waals surface area (Å²) >= 11 is 2.77. The highest BCUT2D eigenvalue weighted by molar-refractivity contribution is 7.98. The summed E-state index contributed by atoms with van der Waals surface area (Å²) in [7, 11) is 4.77. The largest absolute Gasteiger partial charge is 0.330 e. The van der Waals surface area contributed by atoms with Crippen molar-refractivity contribution in [1.82, 2.24) is 18.7 Å². The lowest BCUT2D eigenvalue weighted by Gasteiger charge is -2.11. The Morgan fingerprint density at radius 3 is 2.42 bits per heavy atom. The van der Waals surface area contributed by atoms with Crippen molar-refractivity contribution >= 4 is 33.3 Å². The van der Waals surface area contributed by atoms with Crippen molar-refractivity contribution < 1.29 is 0 Å². The maximum atomic E-state index is 13.2. The minimum Gasteiger partial charge on any atom is -0.300 e. The van der Waals surface area contributed by atoms with Crippen LogP contribution in [0.25, 0.3) is 21.3 Å². The van der Waals surface area contributed by atoms with E-state index in [0.717, 1.165) is 15.7 Å². The third-order valence-electron chi connectivity index (χ3n) is 5.57. The first-order valence-corrected chi connectivity index (χ1v) is 11.5. The summed E-state index contributed by atoms with van der Waals surface area (Å²) in [6.07, 6.45) is 0. The molecule has 0 spiro atoms. The Balaban J connectivity index is 1.74. The van der Waals surface area contributed by atoms with Crippen LogP contribution in [0.1, 0.15) is 16.8 Å². The van der Waals surface area contributed by atoms with Crippen molar-refractivity contribution in [2.45, 2.75) is 24.8 Å². The van der Waals surface area contributed by atoms with Gasteiger partial charge in [-0.15, -0.1) is 11.3 Å². The van der Waals surface area contributed by atoms with E-state index in [1.54, 1.807) is 14.1 Å². The fourth-order valence-corrected chi connectivity index (χ4v) is 5.34. The Labute approximate surface area is 186 Å².